The lowest BCUT2D eigenvalue weighted by atomic mass is 10.1. The Bertz CT molecular complexity index is 309. The second-order valence-corrected chi connectivity index (χ2v) is 2.53. The van der Waals surface area contributed by atoms with Gasteiger partial charge in [0.2, 0.25) is 0 Å². The van der Waals surface area contributed by atoms with Crippen molar-refractivity contribution in [3.63, 3.8) is 0 Å². The van der Waals surface area contributed by atoms with E-state index in [-0.39, 0.29) is 5.78 Å². The average molecular weight is 167 g/mol. The molecule has 2 nitrogen and oxygen atoms in total. The Morgan fingerprint density at radius 1 is 1.42 bits per heavy atom. The van der Waals surface area contributed by atoms with Crippen LogP contribution in [0.2, 0.25) is 0 Å². The molecule has 0 atom stereocenters. The van der Waals surface area contributed by atoms with E-state index in [2.05, 4.69) is 5.32 Å². The lowest BCUT2D eigenvalue weighted by Gasteiger charge is -2.02. The Morgan fingerprint density at radius 2 is 2.08 bits per heavy atom. The molecule has 1 aromatic rings. The summed E-state index contributed by atoms with van der Waals surface area (Å²) in [5.74, 6) is -0.530. The van der Waals surface area contributed by atoms with Crippen LogP contribution in [0.25, 0.3) is 0 Å². The number of rotatable bonds is 2. The van der Waals surface area contributed by atoms with Gasteiger partial charge in [0.1, 0.15) is 5.82 Å². The van der Waals surface area contributed by atoms with Gasteiger partial charge in [-0.25, -0.2) is 4.39 Å². The SMILES string of the molecule is CNc1cc(F)cc(C(C)=O)c1. The predicted molar refractivity (Wildman–Crippen MR) is 46.0 cm³/mol. The second kappa shape index (κ2) is 3.34. The normalized spacial score (nSPS) is 9.58. The summed E-state index contributed by atoms with van der Waals surface area (Å²) in [5.41, 5.74) is 1.000. The van der Waals surface area contributed by atoms with Crippen molar-refractivity contribution in [2.24, 2.45) is 0 Å². The number of hydrogen-bond donors (Lipinski definition) is 1. The number of carbonyl (C=O) groups is 1. The summed E-state index contributed by atoms with van der Waals surface area (Å²) < 4.78 is 12.8. The Morgan fingerprint density at radius 3 is 2.58 bits per heavy atom. The lowest BCUT2D eigenvalue weighted by Crippen LogP contribution is -1.96. The van der Waals surface area contributed by atoms with Crippen molar-refractivity contribution in [1.82, 2.24) is 0 Å². The molecule has 0 bridgehead atoms. The van der Waals surface area contributed by atoms with E-state index >= 15 is 0 Å². The first-order valence-corrected chi connectivity index (χ1v) is 3.63. The van der Waals surface area contributed by atoms with Crippen molar-refractivity contribution in [3.8, 4) is 0 Å². The van der Waals surface area contributed by atoms with Crippen molar-refractivity contribution in [3.05, 3.63) is 29.6 Å². The standard InChI is InChI=1S/C9H10FNO/c1-6(12)7-3-8(10)5-9(4-7)11-2/h3-5,11H,1-2H3. The van der Waals surface area contributed by atoms with E-state index < -0.39 is 5.82 Å². The van der Waals surface area contributed by atoms with Gasteiger partial charge in [-0.2, -0.15) is 0 Å². The Kier molecular flexibility index (Phi) is 2.43. The molecule has 0 amide bonds. The third kappa shape index (κ3) is 1.81. The number of ketones is 1. The summed E-state index contributed by atoms with van der Waals surface area (Å²) in [6, 6.07) is 4.18. The maximum atomic E-state index is 12.8. The van der Waals surface area contributed by atoms with Gasteiger partial charge in [0, 0.05) is 18.3 Å². The summed E-state index contributed by atoms with van der Waals surface area (Å²) in [6.45, 7) is 1.41. The van der Waals surface area contributed by atoms with Crippen LogP contribution in [0.1, 0.15) is 17.3 Å². The van der Waals surface area contributed by atoms with Gasteiger partial charge in [-0.1, -0.05) is 0 Å². The fraction of sp³-hybridized carbons (Fsp3) is 0.222. The van der Waals surface area contributed by atoms with Crippen LogP contribution in [0.4, 0.5) is 10.1 Å². The van der Waals surface area contributed by atoms with Crippen molar-refractivity contribution in [2.45, 2.75) is 6.92 Å². The first kappa shape index (κ1) is 8.71. The quantitative estimate of drug-likeness (QED) is 0.683. The van der Waals surface area contributed by atoms with Crippen molar-refractivity contribution in [2.75, 3.05) is 12.4 Å². The fourth-order valence-corrected chi connectivity index (χ4v) is 0.937. The third-order valence-corrected chi connectivity index (χ3v) is 1.59. The summed E-state index contributed by atoms with van der Waals surface area (Å²) in [5, 5.41) is 2.77. The maximum Gasteiger partial charge on any atom is 0.159 e. The van der Waals surface area contributed by atoms with Gasteiger partial charge in [-0.05, 0) is 25.1 Å². The van der Waals surface area contributed by atoms with Crippen molar-refractivity contribution < 1.29 is 9.18 Å². The smallest absolute Gasteiger partial charge is 0.159 e. The Labute approximate surface area is 70.4 Å². The van der Waals surface area contributed by atoms with E-state index in [0.29, 0.717) is 11.3 Å². The number of hydrogen-bond acceptors (Lipinski definition) is 2. The molecule has 0 unspecified atom stereocenters. The van der Waals surface area contributed by atoms with E-state index in [0.717, 1.165) is 0 Å². The highest BCUT2D eigenvalue weighted by Crippen LogP contribution is 2.13. The molecular weight excluding hydrogens is 157 g/mol. The Hall–Kier alpha value is -1.38. The molecule has 0 spiro atoms. The minimum atomic E-state index is -0.396. The van der Waals surface area contributed by atoms with E-state index in [9.17, 15) is 9.18 Å². The Balaban J connectivity index is 3.15. The summed E-state index contributed by atoms with van der Waals surface area (Å²) in [6.07, 6.45) is 0. The molecule has 0 aliphatic heterocycles. The molecule has 0 aromatic heterocycles. The zero-order valence-electron chi connectivity index (χ0n) is 7.02. The van der Waals surface area contributed by atoms with Gasteiger partial charge in [0.25, 0.3) is 0 Å². The van der Waals surface area contributed by atoms with Crippen LogP contribution in [0.3, 0.4) is 0 Å². The molecule has 0 aliphatic rings. The molecule has 0 saturated carbocycles. The van der Waals surface area contributed by atoms with E-state index in [1.807, 2.05) is 0 Å². The van der Waals surface area contributed by atoms with E-state index in [4.69, 9.17) is 0 Å². The monoisotopic (exact) mass is 167 g/mol. The molecule has 12 heavy (non-hydrogen) atoms. The van der Waals surface area contributed by atoms with Gasteiger partial charge in [-0.3, -0.25) is 4.79 Å². The summed E-state index contributed by atoms with van der Waals surface area (Å²) in [4.78, 5) is 10.9. The first-order valence-electron chi connectivity index (χ1n) is 3.63. The molecule has 0 saturated heterocycles. The van der Waals surface area contributed by atoms with Crippen LogP contribution in [0, 0.1) is 5.82 Å². The molecular formula is C9H10FNO. The van der Waals surface area contributed by atoms with Crippen LogP contribution in [0.5, 0.6) is 0 Å². The van der Waals surface area contributed by atoms with Crippen LogP contribution in [-0.4, -0.2) is 12.8 Å². The number of carbonyl (C=O) groups excluding carboxylic acids is 1. The number of halogens is 1. The largest absolute Gasteiger partial charge is 0.388 e. The lowest BCUT2D eigenvalue weighted by molar-refractivity contribution is 0.101. The number of benzene rings is 1. The van der Waals surface area contributed by atoms with Gasteiger partial charge < -0.3 is 5.32 Å². The zero-order valence-corrected chi connectivity index (χ0v) is 7.02. The van der Waals surface area contributed by atoms with Gasteiger partial charge in [-0.15, -0.1) is 0 Å². The maximum absolute atomic E-state index is 12.8. The molecule has 0 aliphatic carbocycles. The fourth-order valence-electron chi connectivity index (χ4n) is 0.937. The second-order valence-electron chi connectivity index (χ2n) is 2.53. The molecule has 3 heteroatoms. The third-order valence-electron chi connectivity index (χ3n) is 1.59. The zero-order chi connectivity index (χ0) is 9.14. The van der Waals surface area contributed by atoms with Crippen molar-refractivity contribution >= 4 is 11.5 Å². The molecule has 64 valence electrons. The molecule has 0 fully saturated rings. The highest BCUT2D eigenvalue weighted by atomic mass is 19.1. The average Bonchev–Trinajstić information content (AvgIpc) is 2.03. The number of nitrogens with one attached hydrogen (secondary N) is 1. The van der Waals surface area contributed by atoms with Crippen molar-refractivity contribution in [1.29, 1.82) is 0 Å². The van der Waals surface area contributed by atoms with E-state index in [1.165, 1.54) is 19.1 Å². The summed E-state index contributed by atoms with van der Waals surface area (Å²) >= 11 is 0. The van der Waals surface area contributed by atoms with Crippen LogP contribution in [0.15, 0.2) is 18.2 Å². The van der Waals surface area contributed by atoms with Crippen LogP contribution < -0.4 is 5.32 Å². The highest BCUT2D eigenvalue weighted by Gasteiger charge is 2.02. The van der Waals surface area contributed by atoms with Crippen LogP contribution in [-0.2, 0) is 0 Å². The predicted octanol–water partition coefficient (Wildman–Crippen LogP) is 2.07. The van der Waals surface area contributed by atoms with Crippen LogP contribution >= 0.6 is 0 Å². The minimum absolute atomic E-state index is 0.133. The summed E-state index contributed by atoms with van der Waals surface area (Å²) in [7, 11) is 1.68. The van der Waals surface area contributed by atoms with Gasteiger partial charge >= 0.3 is 0 Å². The minimum Gasteiger partial charge on any atom is -0.388 e. The molecule has 1 N–H and O–H groups in total. The van der Waals surface area contributed by atoms with Gasteiger partial charge in [0.15, 0.2) is 5.78 Å². The number of Topliss-reactive ketones (excluding diaryl/α,β-unsaturated/α-hetero) is 1. The topological polar surface area (TPSA) is 29.1 Å². The first-order chi connectivity index (χ1) is 5.63. The van der Waals surface area contributed by atoms with Gasteiger partial charge in [0.05, 0.1) is 0 Å². The molecule has 1 rings (SSSR count). The highest BCUT2D eigenvalue weighted by molar-refractivity contribution is 5.94. The molecule has 1 aromatic carbocycles. The molecule has 0 radical (unpaired) electrons. The number of anilines is 1. The van der Waals surface area contributed by atoms with E-state index in [1.54, 1.807) is 13.1 Å². The molecule has 0 heterocycles.